The number of benzene rings is 1. The van der Waals surface area contributed by atoms with E-state index in [0.29, 0.717) is 23.7 Å². The van der Waals surface area contributed by atoms with Gasteiger partial charge in [-0.3, -0.25) is 9.69 Å². The Morgan fingerprint density at radius 1 is 1.43 bits per heavy atom. The maximum absolute atomic E-state index is 12.7. The van der Waals surface area contributed by atoms with Crippen LogP contribution in [0.25, 0.3) is 0 Å². The number of halogens is 1. The Morgan fingerprint density at radius 2 is 2.19 bits per heavy atom. The molecule has 3 rings (SSSR count). The molecule has 0 spiro atoms. The van der Waals surface area contributed by atoms with Crippen LogP contribution in [0.4, 0.5) is 4.79 Å². The minimum Gasteiger partial charge on any atom is -0.376 e. The highest BCUT2D eigenvalue weighted by atomic mass is 35.5. The van der Waals surface area contributed by atoms with Crippen LogP contribution in [0.5, 0.6) is 0 Å². The van der Waals surface area contributed by atoms with Gasteiger partial charge in [-0.15, -0.1) is 0 Å². The van der Waals surface area contributed by atoms with Gasteiger partial charge in [0.15, 0.2) is 0 Å². The Bertz CT molecular complexity index is 586. The van der Waals surface area contributed by atoms with Crippen molar-refractivity contribution in [3.8, 4) is 0 Å². The van der Waals surface area contributed by atoms with E-state index < -0.39 is 11.6 Å². The lowest BCUT2D eigenvalue weighted by Crippen LogP contribution is -2.42. The van der Waals surface area contributed by atoms with E-state index in [1.807, 2.05) is 0 Å². The number of carbonyl (C=O) groups is 2. The monoisotopic (exact) mass is 308 g/mol. The van der Waals surface area contributed by atoms with Crippen LogP contribution in [-0.2, 0) is 15.1 Å². The Morgan fingerprint density at radius 3 is 2.86 bits per heavy atom. The van der Waals surface area contributed by atoms with Gasteiger partial charge in [-0.25, -0.2) is 4.79 Å². The molecule has 2 atom stereocenters. The summed E-state index contributed by atoms with van der Waals surface area (Å²) >= 11 is 6.18. The van der Waals surface area contributed by atoms with Crippen LogP contribution in [0.2, 0.25) is 5.02 Å². The molecule has 0 saturated carbocycles. The number of nitrogens with one attached hydrogen (secondary N) is 1. The smallest absolute Gasteiger partial charge is 0.325 e. The highest BCUT2D eigenvalue weighted by Gasteiger charge is 2.50. The molecule has 0 bridgehead atoms. The van der Waals surface area contributed by atoms with Gasteiger partial charge in [-0.1, -0.05) is 29.8 Å². The summed E-state index contributed by atoms with van der Waals surface area (Å²) in [6, 6.07) is 6.67. The number of ether oxygens (including phenoxy) is 1. The van der Waals surface area contributed by atoms with Crippen LogP contribution in [0, 0.1) is 0 Å². The van der Waals surface area contributed by atoms with Crippen molar-refractivity contribution in [3.63, 3.8) is 0 Å². The van der Waals surface area contributed by atoms with Gasteiger partial charge >= 0.3 is 6.03 Å². The molecule has 0 aliphatic carbocycles. The van der Waals surface area contributed by atoms with Crippen LogP contribution < -0.4 is 5.32 Å². The largest absolute Gasteiger partial charge is 0.376 e. The predicted molar refractivity (Wildman–Crippen MR) is 78.0 cm³/mol. The minimum absolute atomic E-state index is 0.0618. The van der Waals surface area contributed by atoms with Gasteiger partial charge in [0.1, 0.15) is 5.54 Å². The maximum atomic E-state index is 12.7. The minimum atomic E-state index is -1.12. The summed E-state index contributed by atoms with van der Waals surface area (Å²) in [5.74, 6) is -0.281. The van der Waals surface area contributed by atoms with Crippen LogP contribution in [0.1, 0.15) is 25.3 Å². The molecular formula is C15H17ClN2O3. The molecule has 21 heavy (non-hydrogen) atoms. The van der Waals surface area contributed by atoms with Crippen molar-refractivity contribution in [3.05, 3.63) is 34.9 Å². The van der Waals surface area contributed by atoms with Crippen molar-refractivity contribution in [2.75, 3.05) is 13.2 Å². The second-order valence-electron chi connectivity index (χ2n) is 5.59. The predicted octanol–water partition coefficient (Wildman–Crippen LogP) is 2.29. The van der Waals surface area contributed by atoms with Gasteiger partial charge in [-0.2, -0.15) is 0 Å². The van der Waals surface area contributed by atoms with E-state index in [1.165, 1.54) is 4.90 Å². The summed E-state index contributed by atoms with van der Waals surface area (Å²) in [4.78, 5) is 26.1. The topological polar surface area (TPSA) is 58.6 Å². The lowest BCUT2D eigenvalue weighted by molar-refractivity contribution is -0.132. The van der Waals surface area contributed by atoms with Gasteiger partial charge in [0.25, 0.3) is 5.91 Å². The molecular weight excluding hydrogens is 292 g/mol. The van der Waals surface area contributed by atoms with Gasteiger partial charge in [0, 0.05) is 17.2 Å². The fraction of sp³-hybridized carbons (Fsp3) is 0.467. The zero-order valence-electron chi connectivity index (χ0n) is 11.8. The summed E-state index contributed by atoms with van der Waals surface area (Å²) < 4.78 is 5.51. The number of amides is 3. The lowest BCUT2D eigenvalue weighted by atomic mass is 9.92. The fourth-order valence-electron chi connectivity index (χ4n) is 2.90. The molecule has 1 aromatic rings. The first-order chi connectivity index (χ1) is 10.0. The third kappa shape index (κ3) is 2.40. The molecule has 2 fully saturated rings. The third-order valence-electron chi connectivity index (χ3n) is 4.10. The van der Waals surface area contributed by atoms with Crippen LogP contribution in [0.3, 0.4) is 0 Å². The molecule has 2 aliphatic rings. The van der Waals surface area contributed by atoms with E-state index in [-0.39, 0.29) is 12.0 Å². The van der Waals surface area contributed by atoms with E-state index in [1.54, 1.807) is 31.2 Å². The number of imide groups is 1. The van der Waals surface area contributed by atoms with Crippen molar-refractivity contribution in [1.82, 2.24) is 10.2 Å². The zero-order chi connectivity index (χ0) is 15.0. The van der Waals surface area contributed by atoms with Crippen molar-refractivity contribution in [2.24, 2.45) is 0 Å². The molecule has 2 aliphatic heterocycles. The molecule has 0 radical (unpaired) electrons. The molecule has 2 saturated heterocycles. The summed E-state index contributed by atoms with van der Waals surface area (Å²) in [6.07, 6.45) is 1.78. The first-order valence-electron chi connectivity index (χ1n) is 7.03. The van der Waals surface area contributed by atoms with Crippen molar-refractivity contribution < 1.29 is 14.3 Å². The Balaban J connectivity index is 1.87. The summed E-state index contributed by atoms with van der Waals surface area (Å²) in [6.45, 7) is 2.67. The van der Waals surface area contributed by atoms with E-state index in [4.69, 9.17) is 16.3 Å². The van der Waals surface area contributed by atoms with Crippen molar-refractivity contribution in [2.45, 2.75) is 31.4 Å². The van der Waals surface area contributed by atoms with Gasteiger partial charge in [0.2, 0.25) is 0 Å². The highest BCUT2D eigenvalue weighted by Crippen LogP contribution is 2.33. The maximum Gasteiger partial charge on any atom is 0.325 e. The number of rotatable bonds is 3. The SMILES string of the molecule is C[C@]1(c2ccccc2Cl)NC(=O)N(C[C@H]2CCCO2)C1=O. The normalized spacial score (nSPS) is 29.0. The Labute approximate surface area is 128 Å². The summed E-state index contributed by atoms with van der Waals surface area (Å²) in [5.41, 5.74) is -0.506. The molecule has 1 aromatic carbocycles. The molecule has 1 N–H and O–H groups in total. The Hall–Kier alpha value is -1.59. The molecule has 3 amide bonds. The summed E-state index contributed by atoms with van der Waals surface area (Å²) in [7, 11) is 0. The molecule has 6 heteroatoms. The molecule has 112 valence electrons. The zero-order valence-corrected chi connectivity index (χ0v) is 12.5. The average molecular weight is 309 g/mol. The number of hydrogen-bond donors (Lipinski definition) is 1. The van der Waals surface area contributed by atoms with E-state index in [0.717, 1.165) is 12.8 Å². The number of carbonyl (C=O) groups excluding carboxylic acids is 2. The number of nitrogens with zero attached hydrogens (tertiary/aromatic N) is 1. The van der Waals surface area contributed by atoms with E-state index >= 15 is 0 Å². The number of urea groups is 1. The fourth-order valence-corrected chi connectivity index (χ4v) is 3.23. The second-order valence-corrected chi connectivity index (χ2v) is 5.99. The van der Waals surface area contributed by atoms with Crippen molar-refractivity contribution in [1.29, 1.82) is 0 Å². The van der Waals surface area contributed by atoms with Crippen LogP contribution in [0.15, 0.2) is 24.3 Å². The van der Waals surface area contributed by atoms with Gasteiger partial charge in [0.05, 0.1) is 12.6 Å². The Kier molecular flexibility index (Phi) is 3.63. The molecule has 5 nitrogen and oxygen atoms in total. The average Bonchev–Trinajstić information content (AvgIpc) is 3.03. The molecule has 2 heterocycles. The highest BCUT2D eigenvalue weighted by molar-refractivity contribution is 6.32. The van der Waals surface area contributed by atoms with E-state index in [2.05, 4.69) is 5.32 Å². The standard InChI is InChI=1S/C15H17ClN2O3/c1-15(11-6-2-3-7-12(11)16)13(19)18(14(20)17-15)9-10-5-4-8-21-10/h2-3,6-7,10H,4-5,8-9H2,1H3,(H,17,20)/t10-,15-/m1/s1. The summed E-state index contributed by atoms with van der Waals surface area (Å²) in [5, 5.41) is 3.22. The molecule has 0 aromatic heterocycles. The first kappa shape index (κ1) is 14.4. The van der Waals surface area contributed by atoms with Gasteiger partial charge < -0.3 is 10.1 Å². The first-order valence-corrected chi connectivity index (χ1v) is 7.41. The second kappa shape index (κ2) is 5.31. The van der Waals surface area contributed by atoms with Crippen LogP contribution >= 0.6 is 11.6 Å². The number of hydrogen-bond acceptors (Lipinski definition) is 3. The third-order valence-corrected chi connectivity index (χ3v) is 4.43. The quantitative estimate of drug-likeness (QED) is 0.872. The van der Waals surface area contributed by atoms with Gasteiger partial charge in [-0.05, 0) is 25.8 Å². The van der Waals surface area contributed by atoms with Crippen molar-refractivity contribution >= 4 is 23.5 Å². The molecule has 0 unspecified atom stereocenters. The van der Waals surface area contributed by atoms with Crippen LogP contribution in [-0.4, -0.2) is 36.1 Å². The van der Waals surface area contributed by atoms with E-state index in [9.17, 15) is 9.59 Å². The lowest BCUT2D eigenvalue weighted by Gasteiger charge is -2.24.